The van der Waals surface area contributed by atoms with Crippen LogP contribution in [0.2, 0.25) is 0 Å². The fourth-order valence-corrected chi connectivity index (χ4v) is 4.60. The predicted octanol–water partition coefficient (Wildman–Crippen LogP) is 7.65. The lowest BCUT2D eigenvalue weighted by Crippen LogP contribution is -2.55. The Morgan fingerprint density at radius 3 is 1.46 bits per heavy atom. The third kappa shape index (κ3) is 5.24. The number of rotatable bonds is 5. The van der Waals surface area contributed by atoms with Crippen LogP contribution < -0.4 is 4.74 Å². The van der Waals surface area contributed by atoms with Gasteiger partial charge in [0.2, 0.25) is 5.41 Å². The van der Waals surface area contributed by atoms with Gasteiger partial charge in [-0.05, 0) is 91.8 Å². The van der Waals surface area contributed by atoms with E-state index in [0.717, 1.165) is 31.4 Å². The fraction of sp³-hybridized carbons (Fsp3) is 0.310. The zero-order chi connectivity index (χ0) is 29.5. The molecule has 10 heteroatoms. The molecule has 0 aliphatic carbocycles. The highest BCUT2D eigenvalue weighted by atomic mass is 19.4. The minimum Gasteiger partial charge on any atom is -0.465 e. The summed E-state index contributed by atoms with van der Waals surface area (Å²) in [5.41, 5.74) is -5.41. The standard InChI is InChI=1S/C29H26F6O4/c1-15-10-22(11-16(2)19(15)5)27(28(30,31)32,29(33,34)35)23-12-17(3)24(18(4)13-23)39-26(37)21-9-7-8-20(14-21)25(36)38-6/h7-14H,1-6H3. The van der Waals surface area contributed by atoms with Crippen molar-refractivity contribution in [1.29, 1.82) is 0 Å². The van der Waals surface area contributed by atoms with Crippen molar-refractivity contribution < 1.29 is 45.4 Å². The van der Waals surface area contributed by atoms with E-state index >= 15 is 0 Å². The number of aryl methyl sites for hydroxylation is 4. The molecule has 0 fully saturated rings. The smallest absolute Gasteiger partial charge is 0.411 e. The number of benzene rings is 3. The van der Waals surface area contributed by atoms with Crippen LogP contribution in [0.1, 0.15) is 59.7 Å². The summed E-state index contributed by atoms with van der Waals surface area (Å²) in [6.07, 6.45) is -11.5. The van der Waals surface area contributed by atoms with Gasteiger partial charge in [-0.1, -0.05) is 30.3 Å². The van der Waals surface area contributed by atoms with Crippen molar-refractivity contribution in [3.63, 3.8) is 0 Å². The highest BCUT2D eigenvalue weighted by molar-refractivity contribution is 5.96. The molecule has 0 saturated carbocycles. The molecule has 3 aromatic rings. The van der Waals surface area contributed by atoms with Crippen LogP contribution in [-0.2, 0) is 10.2 Å². The Kier molecular flexibility index (Phi) is 7.92. The van der Waals surface area contributed by atoms with E-state index in [9.17, 15) is 35.9 Å². The molecule has 39 heavy (non-hydrogen) atoms. The zero-order valence-corrected chi connectivity index (χ0v) is 22.0. The largest absolute Gasteiger partial charge is 0.465 e. The van der Waals surface area contributed by atoms with Gasteiger partial charge in [-0.15, -0.1) is 0 Å². The topological polar surface area (TPSA) is 52.6 Å². The van der Waals surface area contributed by atoms with Crippen LogP contribution in [0.4, 0.5) is 26.3 Å². The van der Waals surface area contributed by atoms with Crippen LogP contribution in [-0.4, -0.2) is 31.4 Å². The molecular weight excluding hydrogens is 526 g/mol. The molecule has 0 unspecified atom stereocenters. The lowest BCUT2D eigenvalue weighted by atomic mass is 9.71. The van der Waals surface area contributed by atoms with E-state index in [0.29, 0.717) is 5.56 Å². The maximum Gasteiger partial charge on any atom is 0.411 e. The van der Waals surface area contributed by atoms with Crippen LogP contribution in [0.15, 0.2) is 48.5 Å². The molecule has 0 aromatic heterocycles. The third-order valence-electron chi connectivity index (χ3n) is 6.82. The number of carbonyl (C=O) groups excluding carboxylic acids is 2. The first-order valence-corrected chi connectivity index (χ1v) is 11.7. The molecule has 208 valence electrons. The van der Waals surface area contributed by atoms with Crippen LogP contribution in [0.25, 0.3) is 0 Å². The molecule has 3 rings (SSSR count). The van der Waals surface area contributed by atoms with E-state index < -0.39 is 40.8 Å². The van der Waals surface area contributed by atoms with Gasteiger partial charge in [-0.25, -0.2) is 9.59 Å². The molecule has 0 bridgehead atoms. The van der Waals surface area contributed by atoms with Crippen molar-refractivity contribution in [3.8, 4) is 5.75 Å². The van der Waals surface area contributed by atoms with Crippen molar-refractivity contribution in [1.82, 2.24) is 0 Å². The Balaban J connectivity index is 2.20. The number of halogens is 6. The molecule has 0 saturated heterocycles. The van der Waals surface area contributed by atoms with Crippen molar-refractivity contribution >= 4 is 11.9 Å². The molecule has 0 spiro atoms. The van der Waals surface area contributed by atoms with Gasteiger partial charge in [-0.2, -0.15) is 26.3 Å². The highest BCUT2D eigenvalue weighted by Crippen LogP contribution is 2.57. The Morgan fingerprint density at radius 2 is 1.05 bits per heavy atom. The molecule has 0 aliphatic rings. The summed E-state index contributed by atoms with van der Waals surface area (Å²) in [4.78, 5) is 24.5. The van der Waals surface area contributed by atoms with Crippen molar-refractivity contribution in [3.05, 3.63) is 98.6 Å². The predicted molar refractivity (Wildman–Crippen MR) is 132 cm³/mol. The number of hydrogen-bond acceptors (Lipinski definition) is 4. The SMILES string of the molecule is COC(=O)c1cccc(C(=O)Oc2c(C)cc(C(c3cc(C)c(C)c(C)c3)(C(F)(F)F)C(F)(F)F)cc2C)c1. The normalized spacial score (nSPS) is 12.3. The second kappa shape index (κ2) is 10.4. The van der Waals surface area contributed by atoms with E-state index in [1.165, 1.54) is 52.0 Å². The van der Waals surface area contributed by atoms with E-state index in [2.05, 4.69) is 4.74 Å². The van der Waals surface area contributed by atoms with Crippen LogP contribution in [0, 0.1) is 34.6 Å². The van der Waals surface area contributed by atoms with E-state index in [1.807, 2.05) is 0 Å². The van der Waals surface area contributed by atoms with Gasteiger partial charge >= 0.3 is 24.3 Å². The maximum absolute atomic E-state index is 14.7. The summed E-state index contributed by atoms with van der Waals surface area (Å²) in [5.74, 6) is -1.86. The van der Waals surface area contributed by atoms with Gasteiger partial charge in [-0.3, -0.25) is 0 Å². The van der Waals surface area contributed by atoms with E-state index in [-0.39, 0.29) is 39.1 Å². The molecule has 0 N–H and O–H groups in total. The van der Waals surface area contributed by atoms with E-state index in [4.69, 9.17) is 4.74 Å². The minimum atomic E-state index is -5.76. The Hall–Kier alpha value is -3.82. The quantitative estimate of drug-likeness (QED) is 0.185. The summed E-state index contributed by atoms with van der Waals surface area (Å²) in [6.45, 7) is 7.05. The fourth-order valence-electron chi connectivity index (χ4n) is 4.60. The second-order valence-corrected chi connectivity index (χ2v) is 9.38. The highest BCUT2D eigenvalue weighted by Gasteiger charge is 2.72. The Morgan fingerprint density at radius 1 is 0.641 bits per heavy atom. The number of hydrogen-bond donors (Lipinski definition) is 0. The second-order valence-electron chi connectivity index (χ2n) is 9.38. The number of esters is 2. The molecule has 0 aliphatic heterocycles. The molecule has 0 atom stereocenters. The molecule has 0 heterocycles. The van der Waals surface area contributed by atoms with Gasteiger partial charge in [0.1, 0.15) is 5.75 Å². The molecule has 0 radical (unpaired) electrons. The van der Waals surface area contributed by atoms with Gasteiger partial charge < -0.3 is 9.47 Å². The average molecular weight is 553 g/mol. The number of carbonyl (C=O) groups is 2. The van der Waals surface area contributed by atoms with Gasteiger partial charge in [0.15, 0.2) is 0 Å². The monoisotopic (exact) mass is 552 g/mol. The molecule has 4 nitrogen and oxygen atoms in total. The van der Waals surface area contributed by atoms with Crippen molar-refractivity contribution in [2.45, 2.75) is 52.4 Å². The lowest BCUT2D eigenvalue weighted by Gasteiger charge is -2.39. The minimum absolute atomic E-state index is 0.0552. The van der Waals surface area contributed by atoms with E-state index in [1.54, 1.807) is 6.92 Å². The number of alkyl halides is 6. The first-order valence-electron chi connectivity index (χ1n) is 11.7. The van der Waals surface area contributed by atoms with Crippen LogP contribution in [0.3, 0.4) is 0 Å². The Labute approximate surface area is 221 Å². The summed E-state index contributed by atoms with van der Waals surface area (Å²) >= 11 is 0. The zero-order valence-electron chi connectivity index (χ0n) is 22.0. The first kappa shape index (κ1) is 29.7. The Bertz CT molecular complexity index is 1380. The van der Waals surface area contributed by atoms with Gasteiger partial charge in [0.25, 0.3) is 0 Å². The molecule has 3 aromatic carbocycles. The molecular formula is C29H26F6O4. The third-order valence-corrected chi connectivity index (χ3v) is 6.82. The maximum atomic E-state index is 14.7. The van der Waals surface area contributed by atoms with Crippen molar-refractivity contribution in [2.75, 3.05) is 7.11 Å². The van der Waals surface area contributed by atoms with Gasteiger partial charge in [0.05, 0.1) is 18.2 Å². The van der Waals surface area contributed by atoms with Crippen molar-refractivity contribution in [2.24, 2.45) is 0 Å². The lowest BCUT2D eigenvalue weighted by molar-refractivity contribution is -0.288. The number of methoxy groups -OCH3 is 1. The summed E-state index contributed by atoms with van der Waals surface area (Å²) in [6, 6.07) is 8.65. The van der Waals surface area contributed by atoms with Crippen LogP contribution in [0.5, 0.6) is 5.75 Å². The van der Waals surface area contributed by atoms with Crippen LogP contribution >= 0.6 is 0 Å². The molecule has 0 amide bonds. The summed E-state index contributed by atoms with van der Waals surface area (Å²) in [5, 5.41) is 0. The van der Waals surface area contributed by atoms with Gasteiger partial charge in [0, 0.05) is 0 Å². The summed E-state index contributed by atoms with van der Waals surface area (Å²) < 4.78 is 98.1. The summed E-state index contributed by atoms with van der Waals surface area (Å²) in [7, 11) is 1.16. The number of ether oxygens (including phenoxy) is 2. The average Bonchev–Trinajstić information content (AvgIpc) is 2.82. The first-order chi connectivity index (χ1) is 17.9.